The Morgan fingerprint density at radius 3 is 1.67 bits per heavy atom. The van der Waals surface area contributed by atoms with Crippen molar-refractivity contribution < 1.29 is 16.8 Å². The van der Waals surface area contributed by atoms with Gasteiger partial charge in [0, 0.05) is 12.0 Å². The van der Waals surface area contributed by atoms with E-state index >= 15 is 0 Å². The Balaban J connectivity index is 0.000000371. The van der Waals surface area contributed by atoms with E-state index in [0.29, 0.717) is 12.0 Å². The molecule has 0 spiro atoms. The molecule has 0 radical (unpaired) electrons. The molecule has 0 unspecified atom stereocenters. The number of piperidine rings is 2. The molecule has 24 heavy (non-hydrogen) atoms. The van der Waals surface area contributed by atoms with E-state index in [1.54, 1.807) is 0 Å². The van der Waals surface area contributed by atoms with Crippen LogP contribution >= 0.6 is 0 Å². The van der Waals surface area contributed by atoms with Gasteiger partial charge in [0.15, 0.2) is 0 Å². The van der Waals surface area contributed by atoms with Crippen LogP contribution in [0, 0.1) is 0 Å². The fraction of sp³-hybridized carbons (Fsp3) is 0.857. The van der Waals surface area contributed by atoms with Gasteiger partial charge in [0.25, 0.3) is 0 Å². The number of nitrogens with two attached hydrogens (primary N) is 2. The number of hydrogen-bond acceptors (Lipinski definition) is 6. The molecule has 0 aliphatic carbocycles. The van der Waals surface area contributed by atoms with Crippen molar-refractivity contribution >= 4 is 20.0 Å². The van der Waals surface area contributed by atoms with Crippen molar-refractivity contribution in [2.45, 2.75) is 38.5 Å². The highest BCUT2D eigenvalue weighted by molar-refractivity contribution is 7.92. The first-order valence-corrected chi connectivity index (χ1v) is 11.6. The van der Waals surface area contributed by atoms with E-state index in [4.69, 9.17) is 5.14 Å². The van der Waals surface area contributed by atoms with Crippen LogP contribution in [0.4, 0.5) is 0 Å². The second kappa shape index (κ2) is 12.8. The molecule has 2 aliphatic rings. The van der Waals surface area contributed by atoms with E-state index in [9.17, 15) is 16.8 Å². The molecule has 2 saturated heterocycles. The summed E-state index contributed by atoms with van der Waals surface area (Å²) < 4.78 is 40.6. The Kier molecular flexibility index (Phi) is 12.5. The fourth-order valence-corrected chi connectivity index (χ4v) is 2.75. The van der Waals surface area contributed by atoms with Crippen molar-refractivity contribution in [3.63, 3.8) is 0 Å². The quantitative estimate of drug-likeness (QED) is 0.621. The van der Waals surface area contributed by atoms with Gasteiger partial charge in [0.1, 0.15) is 0 Å². The predicted octanol–water partition coefficient (Wildman–Crippen LogP) is -0.0609. The Hall–Kier alpha value is -0.520. The summed E-state index contributed by atoms with van der Waals surface area (Å²) in [5, 5.41) is 13.3. The lowest BCUT2D eigenvalue weighted by Crippen LogP contribution is -2.35. The maximum Gasteiger partial charge on any atom is 0.230 e. The summed E-state index contributed by atoms with van der Waals surface area (Å²) in [5.41, 5.74) is 0. The molecule has 0 bridgehead atoms. The normalized spacial score (nSPS) is 19.2. The van der Waals surface area contributed by atoms with Crippen molar-refractivity contribution in [1.82, 2.24) is 10.2 Å². The number of nitrogens with one attached hydrogen (secondary N) is 1. The predicted molar refractivity (Wildman–Crippen MR) is 98.3 cm³/mol. The van der Waals surface area contributed by atoms with E-state index in [1.165, 1.54) is 51.6 Å². The summed E-state index contributed by atoms with van der Waals surface area (Å²) in [6.45, 7) is 8.06. The zero-order chi connectivity index (χ0) is 18.5. The van der Waals surface area contributed by atoms with E-state index in [-0.39, 0.29) is 5.75 Å². The number of hydrogen-bond donors (Lipinski definition) is 3. The smallest absolute Gasteiger partial charge is 0.230 e. The van der Waals surface area contributed by atoms with E-state index in [2.05, 4.69) is 21.9 Å². The molecule has 5 N–H and O–H groups in total. The van der Waals surface area contributed by atoms with Gasteiger partial charge in [-0.1, -0.05) is 19.4 Å². The van der Waals surface area contributed by atoms with Gasteiger partial charge in [-0.25, -0.2) is 27.1 Å². The van der Waals surface area contributed by atoms with Crippen LogP contribution in [0.1, 0.15) is 38.5 Å². The van der Waals surface area contributed by atoms with Gasteiger partial charge in [0.2, 0.25) is 20.0 Å². The van der Waals surface area contributed by atoms with Crippen LogP contribution in [0.25, 0.3) is 0 Å². The Morgan fingerprint density at radius 1 is 0.917 bits per heavy atom. The average molecular weight is 385 g/mol. The first-order chi connectivity index (χ1) is 11.1. The molecule has 2 heterocycles. The molecule has 0 aromatic heterocycles. The molecule has 10 heteroatoms. The van der Waals surface area contributed by atoms with Crippen LogP contribution in [-0.4, -0.2) is 60.2 Å². The van der Waals surface area contributed by atoms with Crippen molar-refractivity contribution in [3.8, 4) is 0 Å². The number of nitrogens with zero attached hydrogens (tertiary/aromatic N) is 1. The van der Waals surface area contributed by atoms with Crippen molar-refractivity contribution in [2.75, 3.05) is 38.5 Å². The molecule has 0 saturated carbocycles. The van der Waals surface area contributed by atoms with Crippen molar-refractivity contribution in [2.24, 2.45) is 10.3 Å². The maximum atomic E-state index is 10.6. The summed E-state index contributed by atoms with van der Waals surface area (Å²) in [6.07, 6.45) is 7.86. The Bertz CT molecular complexity index is 502. The molecule has 2 fully saturated rings. The molecule has 0 aromatic rings. The topological polar surface area (TPSA) is 136 Å². The molecular formula is C14H32N4O4S2. The lowest BCUT2D eigenvalue weighted by molar-refractivity contribution is 0.241. The highest BCUT2D eigenvalue weighted by Crippen LogP contribution is 2.07. The molecule has 0 aromatic carbocycles. The minimum Gasteiger partial charge on any atom is -0.317 e. The van der Waals surface area contributed by atoms with Crippen LogP contribution < -0.4 is 15.6 Å². The fourth-order valence-electron chi connectivity index (χ4n) is 2.24. The molecule has 2 rings (SSSR count). The van der Waals surface area contributed by atoms with Crippen LogP contribution in [0.2, 0.25) is 0 Å². The van der Waals surface area contributed by atoms with Gasteiger partial charge in [-0.15, -0.1) is 0 Å². The standard InChI is InChI=1S/C7H16N2O2S.C5H11N.C2H5NO2S/c8-12(10,11)7-6-9-4-2-1-3-5-9;1-2-4-6-5-3-1;1-2-6(3,4)5/h1-7H2,(H2,8,10,11);6H,1-5H2;2H,1H2,(H2,3,4,5). The molecule has 2 aliphatic heterocycles. The molecular weight excluding hydrogens is 352 g/mol. The average Bonchev–Trinajstić information content (AvgIpc) is 2.55. The number of primary sulfonamides is 2. The summed E-state index contributed by atoms with van der Waals surface area (Å²) in [6, 6.07) is 0. The zero-order valence-electron chi connectivity index (χ0n) is 14.3. The number of sulfonamides is 2. The largest absolute Gasteiger partial charge is 0.317 e. The lowest BCUT2D eigenvalue weighted by atomic mass is 10.1. The minimum atomic E-state index is -3.40. The summed E-state index contributed by atoms with van der Waals surface area (Å²) >= 11 is 0. The van der Waals surface area contributed by atoms with Gasteiger partial charge in [-0.2, -0.15) is 0 Å². The second-order valence-corrected chi connectivity index (χ2v) is 9.08. The van der Waals surface area contributed by atoms with E-state index in [1.807, 2.05) is 0 Å². The monoisotopic (exact) mass is 384 g/mol. The van der Waals surface area contributed by atoms with Gasteiger partial charge in [-0.05, 0) is 51.9 Å². The van der Waals surface area contributed by atoms with Crippen LogP contribution in [-0.2, 0) is 20.0 Å². The minimum absolute atomic E-state index is 0.0903. The van der Waals surface area contributed by atoms with Gasteiger partial charge >= 0.3 is 0 Å². The highest BCUT2D eigenvalue weighted by atomic mass is 32.2. The molecule has 8 nitrogen and oxygen atoms in total. The summed E-state index contributed by atoms with van der Waals surface area (Å²) in [4.78, 5) is 2.16. The Labute approximate surface area is 146 Å². The lowest BCUT2D eigenvalue weighted by Gasteiger charge is -2.25. The number of likely N-dealkylation sites (tertiary alicyclic amines) is 1. The second-order valence-electron chi connectivity index (χ2n) is 5.84. The van der Waals surface area contributed by atoms with Gasteiger partial charge < -0.3 is 10.2 Å². The third-order valence-electron chi connectivity index (χ3n) is 3.58. The summed E-state index contributed by atoms with van der Waals surface area (Å²) in [5.74, 6) is 0.0903. The zero-order valence-corrected chi connectivity index (χ0v) is 16.0. The van der Waals surface area contributed by atoms with Crippen molar-refractivity contribution in [1.29, 1.82) is 0 Å². The third-order valence-corrected chi connectivity index (χ3v) is 4.80. The van der Waals surface area contributed by atoms with Crippen LogP contribution in [0.15, 0.2) is 12.0 Å². The number of rotatable bonds is 4. The highest BCUT2D eigenvalue weighted by Gasteiger charge is 2.12. The van der Waals surface area contributed by atoms with E-state index < -0.39 is 20.0 Å². The van der Waals surface area contributed by atoms with Crippen molar-refractivity contribution in [3.05, 3.63) is 12.0 Å². The first-order valence-electron chi connectivity index (χ1n) is 8.23. The third kappa shape index (κ3) is 17.8. The van der Waals surface area contributed by atoms with Gasteiger partial charge in [-0.3, -0.25) is 0 Å². The maximum absolute atomic E-state index is 10.6. The molecule has 144 valence electrons. The Morgan fingerprint density at radius 2 is 1.38 bits per heavy atom. The summed E-state index contributed by atoms with van der Waals surface area (Å²) in [7, 11) is -6.66. The van der Waals surface area contributed by atoms with Crippen LogP contribution in [0.5, 0.6) is 0 Å². The van der Waals surface area contributed by atoms with Gasteiger partial charge in [0.05, 0.1) is 5.75 Å². The van der Waals surface area contributed by atoms with E-state index in [0.717, 1.165) is 13.1 Å². The SMILES string of the molecule is C1CCNCC1.C=CS(N)(=O)=O.NS(=O)(=O)CCN1CCCCC1. The molecule has 0 atom stereocenters. The van der Waals surface area contributed by atoms with Crippen LogP contribution in [0.3, 0.4) is 0 Å². The first kappa shape index (κ1) is 23.5. The molecule has 0 amide bonds.